The number of carbonyl (C=O) groups excluding carboxylic acids is 1. The monoisotopic (exact) mass is 246 g/mol. The van der Waals surface area contributed by atoms with Crippen molar-refractivity contribution in [1.82, 2.24) is 14.7 Å². The van der Waals surface area contributed by atoms with Gasteiger partial charge in [-0.25, -0.2) is 0 Å². The van der Waals surface area contributed by atoms with E-state index in [9.17, 15) is 4.79 Å². The third-order valence-corrected chi connectivity index (χ3v) is 3.57. The summed E-state index contributed by atoms with van der Waals surface area (Å²) in [4.78, 5) is 14.2. The zero-order chi connectivity index (χ0) is 13.0. The second-order valence-electron chi connectivity index (χ2n) is 4.72. The molecule has 5 nitrogen and oxygen atoms in total. The van der Waals surface area contributed by atoms with Crippen LogP contribution in [0.4, 0.5) is 0 Å². The maximum atomic E-state index is 12.4. The van der Waals surface area contributed by atoms with Crippen molar-refractivity contribution >= 4 is 5.91 Å². The van der Waals surface area contributed by atoms with Gasteiger partial charge in [0.2, 0.25) is 5.91 Å². The van der Waals surface area contributed by atoms with Gasteiger partial charge in [-0.2, -0.15) is 10.4 Å². The number of hydrogen-bond donors (Lipinski definition) is 0. The summed E-state index contributed by atoms with van der Waals surface area (Å²) >= 11 is 0. The van der Waals surface area contributed by atoms with E-state index in [0.29, 0.717) is 0 Å². The van der Waals surface area contributed by atoms with Crippen LogP contribution in [0.25, 0.3) is 0 Å². The lowest BCUT2D eigenvalue weighted by atomic mass is 10.1. The molecule has 18 heavy (non-hydrogen) atoms. The molecule has 1 heterocycles. The molecule has 0 radical (unpaired) electrons. The Kier molecular flexibility index (Phi) is 3.98. The van der Waals surface area contributed by atoms with Crippen LogP contribution >= 0.6 is 0 Å². The average molecular weight is 246 g/mol. The highest BCUT2D eigenvalue weighted by atomic mass is 16.2. The fourth-order valence-corrected chi connectivity index (χ4v) is 2.54. The minimum absolute atomic E-state index is 0.00727. The molecule has 1 unspecified atom stereocenters. The standard InChI is InChI=1S/C13H18N4O/c1-11(17-9-4-8-15-17)13(18)16(10-7-14)12-5-2-3-6-12/h4,8-9,11-12H,2-3,5-6,10H2,1H3. The first kappa shape index (κ1) is 12.6. The van der Waals surface area contributed by atoms with Crippen LogP contribution in [0.5, 0.6) is 0 Å². The van der Waals surface area contributed by atoms with Gasteiger partial charge in [0.15, 0.2) is 0 Å². The molecular weight excluding hydrogens is 228 g/mol. The van der Waals surface area contributed by atoms with E-state index in [1.807, 2.05) is 6.92 Å². The van der Waals surface area contributed by atoms with Gasteiger partial charge in [-0.3, -0.25) is 9.48 Å². The maximum absolute atomic E-state index is 12.4. The van der Waals surface area contributed by atoms with Gasteiger partial charge in [0.25, 0.3) is 0 Å². The van der Waals surface area contributed by atoms with Crippen LogP contribution in [-0.4, -0.2) is 33.2 Å². The highest BCUT2D eigenvalue weighted by molar-refractivity contribution is 5.80. The summed E-state index contributed by atoms with van der Waals surface area (Å²) < 4.78 is 1.64. The van der Waals surface area contributed by atoms with Crippen molar-refractivity contribution in [2.45, 2.75) is 44.7 Å². The second kappa shape index (κ2) is 5.67. The molecule has 0 aliphatic heterocycles. The van der Waals surface area contributed by atoms with Crippen LogP contribution in [0.2, 0.25) is 0 Å². The zero-order valence-corrected chi connectivity index (χ0v) is 10.6. The Morgan fingerprint density at radius 3 is 2.89 bits per heavy atom. The van der Waals surface area contributed by atoms with Gasteiger partial charge in [-0.1, -0.05) is 12.8 Å². The van der Waals surface area contributed by atoms with Crippen LogP contribution < -0.4 is 0 Å². The molecule has 5 heteroatoms. The van der Waals surface area contributed by atoms with E-state index in [1.165, 1.54) is 0 Å². The number of aromatic nitrogens is 2. The summed E-state index contributed by atoms with van der Waals surface area (Å²) in [5.41, 5.74) is 0. The van der Waals surface area contributed by atoms with Crippen molar-refractivity contribution < 1.29 is 4.79 Å². The largest absolute Gasteiger partial charge is 0.325 e. The van der Waals surface area contributed by atoms with Gasteiger partial charge < -0.3 is 4.90 Å². The molecule has 0 spiro atoms. The van der Waals surface area contributed by atoms with Crippen molar-refractivity contribution in [3.63, 3.8) is 0 Å². The molecule has 1 aliphatic rings. The van der Waals surface area contributed by atoms with E-state index in [4.69, 9.17) is 5.26 Å². The van der Waals surface area contributed by atoms with E-state index in [-0.39, 0.29) is 24.5 Å². The van der Waals surface area contributed by atoms with E-state index in [0.717, 1.165) is 25.7 Å². The minimum Gasteiger partial charge on any atom is -0.325 e. The maximum Gasteiger partial charge on any atom is 0.248 e. The first-order valence-corrected chi connectivity index (χ1v) is 6.40. The Bertz CT molecular complexity index is 428. The Hall–Kier alpha value is -1.83. The number of hydrogen-bond acceptors (Lipinski definition) is 3. The van der Waals surface area contributed by atoms with Gasteiger partial charge in [-0.15, -0.1) is 0 Å². The van der Waals surface area contributed by atoms with E-state index in [2.05, 4.69) is 11.2 Å². The molecule has 0 saturated heterocycles. The highest BCUT2D eigenvalue weighted by Crippen LogP contribution is 2.25. The van der Waals surface area contributed by atoms with E-state index in [1.54, 1.807) is 28.0 Å². The number of nitriles is 1. The van der Waals surface area contributed by atoms with Gasteiger partial charge >= 0.3 is 0 Å². The Labute approximate surface area is 107 Å². The van der Waals surface area contributed by atoms with Crippen LogP contribution in [0, 0.1) is 11.3 Å². The summed E-state index contributed by atoms with van der Waals surface area (Å²) in [6, 6.07) is 3.79. The molecule has 96 valence electrons. The average Bonchev–Trinajstić information content (AvgIpc) is 3.05. The summed E-state index contributed by atoms with van der Waals surface area (Å²) in [7, 11) is 0. The molecule has 1 aromatic rings. The minimum atomic E-state index is -0.339. The molecule has 0 N–H and O–H groups in total. The van der Waals surface area contributed by atoms with Crippen LogP contribution in [-0.2, 0) is 4.79 Å². The van der Waals surface area contributed by atoms with Crippen molar-refractivity contribution in [2.75, 3.05) is 6.54 Å². The van der Waals surface area contributed by atoms with Crippen LogP contribution in [0.15, 0.2) is 18.5 Å². The van der Waals surface area contributed by atoms with Crippen molar-refractivity contribution in [2.24, 2.45) is 0 Å². The molecule has 1 atom stereocenters. The van der Waals surface area contributed by atoms with Crippen molar-refractivity contribution in [3.8, 4) is 6.07 Å². The molecular formula is C13H18N4O. The lowest BCUT2D eigenvalue weighted by Gasteiger charge is -2.29. The van der Waals surface area contributed by atoms with Gasteiger partial charge in [0.1, 0.15) is 12.6 Å². The Morgan fingerprint density at radius 2 is 2.33 bits per heavy atom. The summed E-state index contributed by atoms with van der Waals surface area (Å²) in [5.74, 6) is -0.00727. The molecule has 2 rings (SSSR count). The molecule has 1 fully saturated rings. The molecule has 1 saturated carbocycles. The SMILES string of the molecule is CC(C(=O)N(CC#N)C1CCCC1)n1cccn1. The number of amides is 1. The Balaban J connectivity index is 2.10. The van der Waals surface area contributed by atoms with Crippen molar-refractivity contribution in [1.29, 1.82) is 5.26 Å². The first-order valence-electron chi connectivity index (χ1n) is 6.40. The number of nitrogens with zero attached hydrogens (tertiary/aromatic N) is 4. The third-order valence-electron chi connectivity index (χ3n) is 3.57. The molecule has 1 amide bonds. The highest BCUT2D eigenvalue weighted by Gasteiger charge is 2.30. The summed E-state index contributed by atoms with van der Waals surface area (Å²) in [6.07, 6.45) is 7.76. The van der Waals surface area contributed by atoms with Gasteiger partial charge in [0, 0.05) is 18.4 Å². The fraction of sp³-hybridized carbons (Fsp3) is 0.615. The zero-order valence-electron chi connectivity index (χ0n) is 10.6. The Morgan fingerprint density at radius 1 is 1.61 bits per heavy atom. The smallest absolute Gasteiger partial charge is 0.248 e. The number of carbonyl (C=O) groups is 1. The van der Waals surface area contributed by atoms with E-state index >= 15 is 0 Å². The summed E-state index contributed by atoms with van der Waals surface area (Å²) in [6.45, 7) is 2.00. The molecule has 1 aromatic heterocycles. The molecule has 1 aliphatic carbocycles. The lowest BCUT2D eigenvalue weighted by molar-refractivity contribution is -0.136. The van der Waals surface area contributed by atoms with Crippen LogP contribution in [0.1, 0.15) is 38.6 Å². The molecule has 0 bridgehead atoms. The topological polar surface area (TPSA) is 61.9 Å². The summed E-state index contributed by atoms with van der Waals surface area (Å²) in [5, 5.41) is 13.0. The van der Waals surface area contributed by atoms with Gasteiger partial charge in [0.05, 0.1) is 6.07 Å². The normalized spacial score (nSPS) is 17.3. The number of rotatable bonds is 4. The fourth-order valence-electron chi connectivity index (χ4n) is 2.54. The van der Waals surface area contributed by atoms with Crippen molar-refractivity contribution in [3.05, 3.63) is 18.5 Å². The molecule has 0 aromatic carbocycles. The quantitative estimate of drug-likeness (QED) is 0.760. The second-order valence-corrected chi connectivity index (χ2v) is 4.72. The third kappa shape index (κ3) is 2.53. The van der Waals surface area contributed by atoms with Crippen LogP contribution in [0.3, 0.4) is 0 Å². The predicted molar refractivity (Wildman–Crippen MR) is 66.5 cm³/mol. The van der Waals surface area contributed by atoms with Gasteiger partial charge in [-0.05, 0) is 25.8 Å². The lowest BCUT2D eigenvalue weighted by Crippen LogP contribution is -2.42. The van der Waals surface area contributed by atoms with E-state index < -0.39 is 0 Å². The first-order chi connectivity index (χ1) is 8.74. The predicted octanol–water partition coefficient (Wildman–Crippen LogP) is 1.74.